The summed E-state index contributed by atoms with van der Waals surface area (Å²) in [5.41, 5.74) is -2.08. The van der Waals surface area contributed by atoms with Crippen LogP contribution < -0.4 is 0 Å². The first-order chi connectivity index (χ1) is 9.14. The maximum atomic E-state index is 12.5. The highest BCUT2D eigenvalue weighted by Gasteiger charge is 2.50. The van der Waals surface area contributed by atoms with Gasteiger partial charge in [0.25, 0.3) is 0 Å². The van der Waals surface area contributed by atoms with Gasteiger partial charge in [0.2, 0.25) is 0 Å². The van der Waals surface area contributed by atoms with Crippen LogP contribution in [-0.4, -0.2) is 63.3 Å². The zero-order valence-corrected chi connectivity index (χ0v) is 12.8. The highest BCUT2D eigenvalue weighted by atomic mass is 16.4. The van der Waals surface area contributed by atoms with Gasteiger partial charge in [0.15, 0.2) is 0 Å². The minimum atomic E-state index is -1.08. The Morgan fingerprint density at radius 2 is 2.00 bits per heavy atom. The van der Waals surface area contributed by atoms with Gasteiger partial charge in [0.05, 0.1) is 12.1 Å². The van der Waals surface area contributed by atoms with Crippen molar-refractivity contribution in [2.45, 2.75) is 57.6 Å². The van der Waals surface area contributed by atoms with Gasteiger partial charge in [-0.2, -0.15) is 0 Å². The summed E-state index contributed by atoms with van der Waals surface area (Å²) in [7, 11) is 1.59. The van der Waals surface area contributed by atoms with Gasteiger partial charge >= 0.3 is 12.0 Å². The van der Waals surface area contributed by atoms with E-state index < -0.39 is 17.1 Å². The lowest BCUT2D eigenvalue weighted by Gasteiger charge is -2.38. The molecule has 1 atom stereocenters. The molecule has 0 aromatic carbocycles. The Morgan fingerprint density at radius 1 is 1.40 bits per heavy atom. The third-order valence-electron chi connectivity index (χ3n) is 3.73. The van der Waals surface area contributed by atoms with E-state index in [1.54, 1.807) is 20.9 Å². The molecule has 116 valence electrons. The van der Waals surface area contributed by atoms with Crippen molar-refractivity contribution in [3.63, 3.8) is 0 Å². The van der Waals surface area contributed by atoms with Crippen molar-refractivity contribution in [1.29, 1.82) is 0 Å². The number of aliphatic hydroxyl groups is 1. The van der Waals surface area contributed by atoms with Crippen molar-refractivity contribution in [3.05, 3.63) is 0 Å². The van der Waals surface area contributed by atoms with E-state index in [9.17, 15) is 19.8 Å². The van der Waals surface area contributed by atoms with Crippen LogP contribution in [0.15, 0.2) is 0 Å². The molecule has 0 aromatic heterocycles. The molecule has 0 bridgehead atoms. The fraction of sp³-hybridized carbons (Fsp3) is 0.857. The molecule has 0 spiro atoms. The maximum absolute atomic E-state index is 12.5. The molecule has 0 aromatic rings. The molecule has 2 amide bonds. The lowest BCUT2D eigenvalue weighted by molar-refractivity contribution is -0.148. The molecule has 1 aliphatic rings. The molecule has 0 radical (unpaired) electrons. The average molecular weight is 286 g/mol. The van der Waals surface area contributed by atoms with E-state index in [1.807, 2.05) is 6.92 Å². The molecule has 2 N–H and O–H groups in total. The molecular weight excluding hydrogens is 260 g/mol. The Labute approximate surface area is 120 Å². The monoisotopic (exact) mass is 286 g/mol. The third kappa shape index (κ3) is 3.42. The molecule has 6 nitrogen and oxygen atoms in total. The summed E-state index contributed by atoms with van der Waals surface area (Å²) >= 11 is 0. The molecule has 1 heterocycles. The predicted octanol–water partition coefficient (Wildman–Crippen LogP) is 1.53. The standard InChI is InChI=1S/C14H26N2O4/c1-5-7-14(11(17)18)8-6-9-16(14)12(19)15(4)10-13(2,3)20/h20H,5-10H2,1-4H3,(H,17,18). The normalized spacial score (nSPS) is 22.9. The largest absolute Gasteiger partial charge is 0.479 e. The minimum absolute atomic E-state index is 0.171. The van der Waals surface area contributed by atoms with E-state index in [0.717, 1.165) is 0 Å². The fourth-order valence-corrected chi connectivity index (χ4v) is 3.01. The second kappa shape index (κ2) is 5.99. The first-order valence-corrected chi connectivity index (χ1v) is 7.12. The average Bonchev–Trinajstić information content (AvgIpc) is 2.71. The third-order valence-corrected chi connectivity index (χ3v) is 3.73. The number of urea groups is 1. The number of hydrogen-bond acceptors (Lipinski definition) is 3. The van der Waals surface area contributed by atoms with Crippen molar-refractivity contribution in [2.24, 2.45) is 0 Å². The Bertz CT molecular complexity index is 378. The lowest BCUT2D eigenvalue weighted by Crippen LogP contribution is -2.57. The number of carbonyl (C=O) groups excluding carboxylic acids is 1. The molecule has 1 rings (SSSR count). The Morgan fingerprint density at radius 3 is 2.45 bits per heavy atom. The van der Waals surface area contributed by atoms with Crippen LogP contribution in [0, 0.1) is 0 Å². The number of hydrogen-bond donors (Lipinski definition) is 2. The number of rotatable bonds is 5. The Balaban J connectivity index is 2.92. The molecule has 0 aliphatic carbocycles. The van der Waals surface area contributed by atoms with Gasteiger partial charge in [0.1, 0.15) is 5.54 Å². The second-order valence-corrected chi connectivity index (χ2v) is 6.29. The summed E-state index contributed by atoms with van der Waals surface area (Å²) in [5.74, 6) is -0.929. The summed E-state index contributed by atoms with van der Waals surface area (Å²) < 4.78 is 0. The van der Waals surface area contributed by atoms with Crippen LogP contribution in [0.4, 0.5) is 4.79 Å². The molecule has 1 saturated heterocycles. The number of likely N-dealkylation sites (tertiary alicyclic amines) is 1. The van der Waals surface area contributed by atoms with Crippen molar-refractivity contribution >= 4 is 12.0 Å². The van der Waals surface area contributed by atoms with Gasteiger partial charge in [-0.1, -0.05) is 13.3 Å². The van der Waals surface area contributed by atoms with E-state index >= 15 is 0 Å². The van der Waals surface area contributed by atoms with Gasteiger partial charge < -0.3 is 20.0 Å². The van der Waals surface area contributed by atoms with E-state index in [0.29, 0.717) is 32.2 Å². The SMILES string of the molecule is CCCC1(C(=O)O)CCCN1C(=O)N(C)CC(C)(C)O. The first-order valence-electron chi connectivity index (χ1n) is 7.12. The molecular formula is C14H26N2O4. The summed E-state index contributed by atoms with van der Waals surface area (Å²) in [6, 6.07) is -0.319. The van der Waals surface area contributed by atoms with Gasteiger partial charge in [-0.25, -0.2) is 9.59 Å². The van der Waals surface area contributed by atoms with Crippen molar-refractivity contribution in [2.75, 3.05) is 20.1 Å². The molecule has 0 saturated carbocycles. The van der Waals surface area contributed by atoms with Crippen LogP contribution in [0.5, 0.6) is 0 Å². The number of carboxylic acids is 1. The first kappa shape index (κ1) is 16.8. The highest BCUT2D eigenvalue weighted by Crippen LogP contribution is 2.34. The van der Waals surface area contributed by atoms with E-state index in [2.05, 4.69) is 0 Å². The smallest absolute Gasteiger partial charge is 0.329 e. The zero-order valence-electron chi connectivity index (χ0n) is 12.8. The van der Waals surface area contributed by atoms with Crippen LogP contribution in [0.1, 0.15) is 46.5 Å². The number of likely N-dealkylation sites (N-methyl/N-ethyl adjacent to an activating group) is 1. The predicted molar refractivity (Wildman–Crippen MR) is 75.5 cm³/mol. The van der Waals surface area contributed by atoms with Crippen LogP contribution in [0.3, 0.4) is 0 Å². The van der Waals surface area contributed by atoms with E-state index in [1.165, 1.54) is 9.80 Å². The molecule has 6 heteroatoms. The Kier molecular flexibility index (Phi) is 5.02. The van der Waals surface area contributed by atoms with Crippen molar-refractivity contribution < 1.29 is 19.8 Å². The summed E-state index contributed by atoms with van der Waals surface area (Å²) in [4.78, 5) is 27.0. The number of carboxylic acid groups (broad SMARTS) is 1. The number of carbonyl (C=O) groups is 2. The quantitative estimate of drug-likeness (QED) is 0.803. The number of amides is 2. The summed E-state index contributed by atoms with van der Waals surface area (Å²) in [5, 5.41) is 19.4. The Hall–Kier alpha value is -1.30. The van der Waals surface area contributed by atoms with E-state index in [4.69, 9.17) is 0 Å². The van der Waals surface area contributed by atoms with Gasteiger partial charge in [-0.3, -0.25) is 0 Å². The topological polar surface area (TPSA) is 81.1 Å². The van der Waals surface area contributed by atoms with E-state index in [-0.39, 0.29) is 12.6 Å². The molecule has 1 unspecified atom stereocenters. The lowest BCUT2D eigenvalue weighted by atomic mass is 9.91. The van der Waals surface area contributed by atoms with Crippen LogP contribution in [-0.2, 0) is 4.79 Å². The molecule has 20 heavy (non-hydrogen) atoms. The zero-order chi connectivity index (χ0) is 15.6. The van der Waals surface area contributed by atoms with Gasteiger partial charge in [0, 0.05) is 13.6 Å². The van der Waals surface area contributed by atoms with Crippen LogP contribution in [0.2, 0.25) is 0 Å². The van der Waals surface area contributed by atoms with Crippen molar-refractivity contribution in [1.82, 2.24) is 9.80 Å². The van der Waals surface area contributed by atoms with Gasteiger partial charge in [-0.05, 0) is 33.1 Å². The summed E-state index contributed by atoms with van der Waals surface area (Å²) in [6.07, 6.45) is 2.38. The molecule has 1 aliphatic heterocycles. The summed E-state index contributed by atoms with van der Waals surface area (Å²) in [6.45, 7) is 5.80. The van der Waals surface area contributed by atoms with Crippen molar-refractivity contribution in [3.8, 4) is 0 Å². The van der Waals surface area contributed by atoms with Gasteiger partial charge in [-0.15, -0.1) is 0 Å². The number of nitrogens with zero attached hydrogens (tertiary/aromatic N) is 2. The minimum Gasteiger partial charge on any atom is -0.479 e. The maximum Gasteiger partial charge on any atom is 0.329 e. The number of aliphatic carboxylic acids is 1. The fourth-order valence-electron chi connectivity index (χ4n) is 3.01. The second-order valence-electron chi connectivity index (χ2n) is 6.29. The van der Waals surface area contributed by atoms with Crippen LogP contribution >= 0.6 is 0 Å². The van der Waals surface area contributed by atoms with Crippen LogP contribution in [0.25, 0.3) is 0 Å². The highest BCUT2D eigenvalue weighted by molar-refractivity contribution is 5.87. The molecule has 1 fully saturated rings.